The molecule has 2 N–H and O–H groups in total. The fourth-order valence-corrected chi connectivity index (χ4v) is 1.57. The number of nitriles is 1. The smallest absolute Gasteiger partial charge is 0.407 e. The van der Waals surface area contributed by atoms with E-state index in [4.69, 9.17) is 10.4 Å². The van der Waals surface area contributed by atoms with E-state index in [-0.39, 0.29) is 0 Å². The molecule has 0 fully saturated rings. The molecular weight excluding hydrogens is 184 g/mol. The Hall–Kier alpha value is -2.03. The van der Waals surface area contributed by atoms with Crippen LogP contribution in [0, 0.1) is 11.3 Å². The zero-order valence-electron chi connectivity index (χ0n) is 7.32. The maximum Gasteiger partial charge on any atom is 0.407 e. The Morgan fingerprint density at radius 1 is 1.71 bits per heavy atom. The number of hydrogen-bond acceptors (Lipinski definition) is 3. The van der Waals surface area contributed by atoms with Crippen LogP contribution in [0.4, 0.5) is 4.79 Å². The molecule has 14 heavy (non-hydrogen) atoms. The van der Waals surface area contributed by atoms with E-state index in [1.165, 1.54) is 4.90 Å². The molecule has 0 unspecified atom stereocenters. The molecule has 0 saturated carbocycles. The summed E-state index contributed by atoms with van der Waals surface area (Å²) in [5.41, 5.74) is 1.96. The molecule has 1 aromatic heterocycles. The van der Waals surface area contributed by atoms with Crippen LogP contribution in [0.25, 0.3) is 0 Å². The van der Waals surface area contributed by atoms with Crippen LogP contribution in [0.2, 0.25) is 0 Å². The van der Waals surface area contributed by atoms with Crippen LogP contribution >= 0.6 is 0 Å². The SMILES string of the molecule is N#Cc1n[nH]c2c1CCN(C(=O)O)C2. The van der Waals surface area contributed by atoms with Crippen molar-refractivity contribution in [2.24, 2.45) is 0 Å². The Labute approximate surface area is 79.8 Å². The quantitative estimate of drug-likeness (QED) is 0.618. The van der Waals surface area contributed by atoms with E-state index < -0.39 is 6.09 Å². The maximum absolute atomic E-state index is 10.7. The Morgan fingerprint density at radius 2 is 2.50 bits per heavy atom. The molecule has 2 heterocycles. The molecule has 6 nitrogen and oxygen atoms in total. The predicted molar refractivity (Wildman–Crippen MR) is 45.4 cm³/mol. The van der Waals surface area contributed by atoms with E-state index in [2.05, 4.69) is 10.2 Å². The van der Waals surface area contributed by atoms with Crippen LogP contribution in [0.15, 0.2) is 0 Å². The Balaban J connectivity index is 2.29. The monoisotopic (exact) mass is 192 g/mol. The minimum atomic E-state index is -0.941. The van der Waals surface area contributed by atoms with Crippen LogP contribution in [0.1, 0.15) is 17.0 Å². The first-order valence-corrected chi connectivity index (χ1v) is 4.16. The number of H-pyrrole nitrogens is 1. The molecule has 0 bridgehead atoms. The highest BCUT2D eigenvalue weighted by Gasteiger charge is 2.24. The lowest BCUT2D eigenvalue weighted by Crippen LogP contribution is -2.34. The van der Waals surface area contributed by atoms with Gasteiger partial charge in [-0.3, -0.25) is 5.10 Å². The third-order valence-electron chi connectivity index (χ3n) is 2.31. The van der Waals surface area contributed by atoms with Gasteiger partial charge in [0.15, 0.2) is 5.69 Å². The molecule has 2 rings (SSSR count). The second kappa shape index (κ2) is 3.03. The number of nitrogens with one attached hydrogen (secondary N) is 1. The van der Waals surface area contributed by atoms with Gasteiger partial charge in [-0.25, -0.2) is 4.79 Å². The van der Waals surface area contributed by atoms with Gasteiger partial charge in [0.05, 0.1) is 12.2 Å². The molecule has 0 radical (unpaired) electrons. The maximum atomic E-state index is 10.7. The molecule has 6 heteroatoms. The van der Waals surface area contributed by atoms with Gasteiger partial charge in [-0.15, -0.1) is 0 Å². The lowest BCUT2D eigenvalue weighted by Gasteiger charge is -2.23. The van der Waals surface area contributed by atoms with Crippen LogP contribution in [-0.4, -0.2) is 32.8 Å². The van der Waals surface area contributed by atoms with E-state index in [1.807, 2.05) is 6.07 Å². The number of hydrogen-bond donors (Lipinski definition) is 2. The molecule has 0 aliphatic carbocycles. The van der Waals surface area contributed by atoms with Gasteiger partial charge in [-0.1, -0.05) is 0 Å². The number of aromatic amines is 1. The third kappa shape index (κ3) is 1.19. The standard InChI is InChI=1S/C8H8N4O2/c9-3-6-5-1-2-12(8(13)14)4-7(5)11-10-6/h1-2,4H2,(H,10,11)(H,13,14). The Kier molecular flexibility index (Phi) is 1.85. The average Bonchev–Trinajstić information content (AvgIpc) is 2.59. The number of amides is 1. The zero-order chi connectivity index (χ0) is 10.1. The van der Waals surface area contributed by atoms with Crippen molar-refractivity contribution in [3.8, 4) is 6.07 Å². The fourth-order valence-electron chi connectivity index (χ4n) is 1.57. The first kappa shape index (κ1) is 8.56. The number of rotatable bonds is 0. The summed E-state index contributed by atoms with van der Waals surface area (Å²) in [5, 5.41) is 23.9. The minimum absolute atomic E-state index is 0.291. The van der Waals surface area contributed by atoms with E-state index in [0.717, 1.165) is 11.3 Å². The summed E-state index contributed by atoms with van der Waals surface area (Å²) in [4.78, 5) is 12.0. The van der Waals surface area contributed by atoms with Crippen molar-refractivity contribution in [3.05, 3.63) is 17.0 Å². The van der Waals surface area contributed by atoms with Crippen molar-refractivity contribution in [1.82, 2.24) is 15.1 Å². The van der Waals surface area contributed by atoms with E-state index in [9.17, 15) is 4.79 Å². The van der Waals surface area contributed by atoms with Gasteiger partial charge in [-0.2, -0.15) is 10.4 Å². The summed E-state index contributed by atoms with van der Waals surface area (Å²) < 4.78 is 0. The summed E-state index contributed by atoms with van der Waals surface area (Å²) in [7, 11) is 0. The Morgan fingerprint density at radius 3 is 3.14 bits per heavy atom. The highest BCUT2D eigenvalue weighted by Crippen LogP contribution is 2.19. The summed E-state index contributed by atoms with van der Waals surface area (Å²) in [6.45, 7) is 0.718. The lowest BCUT2D eigenvalue weighted by atomic mass is 10.1. The summed E-state index contributed by atoms with van der Waals surface area (Å²) in [6, 6.07) is 1.97. The molecule has 0 spiro atoms. The molecule has 0 aromatic carbocycles. The van der Waals surface area contributed by atoms with E-state index in [1.54, 1.807) is 0 Å². The molecule has 1 aliphatic rings. The first-order valence-electron chi connectivity index (χ1n) is 4.16. The zero-order valence-corrected chi connectivity index (χ0v) is 7.32. The molecular formula is C8H8N4O2. The summed E-state index contributed by atoms with van der Waals surface area (Å²) >= 11 is 0. The number of nitrogens with zero attached hydrogens (tertiary/aromatic N) is 3. The van der Waals surface area contributed by atoms with Gasteiger partial charge in [0.25, 0.3) is 0 Å². The van der Waals surface area contributed by atoms with E-state index in [0.29, 0.717) is 25.2 Å². The highest BCUT2D eigenvalue weighted by molar-refractivity contribution is 5.65. The summed E-state index contributed by atoms with van der Waals surface area (Å²) in [6.07, 6.45) is -0.384. The molecule has 72 valence electrons. The number of carbonyl (C=O) groups is 1. The molecule has 0 saturated heterocycles. The number of aromatic nitrogens is 2. The van der Waals surface area contributed by atoms with Gasteiger partial charge in [0.1, 0.15) is 6.07 Å². The summed E-state index contributed by atoms with van der Waals surface area (Å²) in [5.74, 6) is 0. The van der Waals surface area contributed by atoms with E-state index >= 15 is 0 Å². The Bertz CT molecular complexity index is 417. The average molecular weight is 192 g/mol. The normalized spacial score (nSPS) is 14.6. The molecule has 1 amide bonds. The highest BCUT2D eigenvalue weighted by atomic mass is 16.4. The van der Waals surface area contributed by atoms with Crippen molar-refractivity contribution >= 4 is 6.09 Å². The van der Waals surface area contributed by atoms with Gasteiger partial charge in [0.2, 0.25) is 0 Å². The van der Waals surface area contributed by atoms with Gasteiger partial charge in [-0.05, 0) is 6.42 Å². The minimum Gasteiger partial charge on any atom is -0.465 e. The molecule has 1 aromatic rings. The van der Waals surface area contributed by atoms with Crippen LogP contribution < -0.4 is 0 Å². The fraction of sp³-hybridized carbons (Fsp3) is 0.375. The van der Waals surface area contributed by atoms with Crippen LogP contribution in [0.3, 0.4) is 0 Å². The van der Waals surface area contributed by atoms with Crippen LogP contribution in [0.5, 0.6) is 0 Å². The number of carboxylic acid groups (broad SMARTS) is 1. The second-order valence-corrected chi connectivity index (χ2v) is 3.10. The van der Waals surface area contributed by atoms with Crippen molar-refractivity contribution in [1.29, 1.82) is 5.26 Å². The molecule has 1 aliphatic heterocycles. The third-order valence-corrected chi connectivity index (χ3v) is 2.31. The van der Waals surface area contributed by atoms with Gasteiger partial charge >= 0.3 is 6.09 Å². The predicted octanol–water partition coefficient (Wildman–Crippen LogP) is 0.317. The topological polar surface area (TPSA) is 93.0 Å². The first-order chi connectivity index (χ1) is 6.72. The van der Waals surface area contributed by atoms with Crippen LogP contribution in [-0.2, 0) is 13.0 Å². The van der Waals surface area contributed by atoms with Crippen molar-refractivity contribution in [3.63, 3.8) is 0 Å². The van der Waals surface area contributed by atoms with Crippen molar-refractivity contribution in [2.75, 3.05) is 6.54 Å². The van der Waals surface area contributed by atoms with Gasteiger partial charge < -0.3 is 10.0 Å². The van der Waals surface area contributed by atoms with Crippen molar-refractivity contribution in [2.45, 2.75) is 13.0 Å². The number of fused-ring (bicyclic) bond motifs is 1. The molecule has 0 atom stereocenters. The van der Waals surface area contributed by atoms with Gasteiger partial charge in [0, 0.05) is 12.1 Å². The largest absolute Gasteiger partial charge is 0.465 e. The lowest BCUT2D eigenvalue weighted by molar-refractivity contribution is 0.139. The van der Waals surface area contributed by atoms with Crippen molar-refractivity contribution < 1.29 is 9.90 Å². The second-order valence-electron chi connectivity index (χ2n) is 3.10.